The third-order valence-electron chi connectivity index (χ3n) is 1.47. The Bertz CT molecular complexity index is 197. The lowest BCUT2D eigenvalue weighted by atomic mass is 10.2. The smallest absolute Gasteiger partial charge is 0.138 e. The average Bonchev–Trinajstić information content (AvgIpc) is 2.09. The van der Waals surface area contributed by atoms with Gasteiger partial charge in [0.2, 0.25) is 0 Å². The van der Waals surface area contributed by atoms with Crippen LogP contribution in [0.2, 0.25) is 0 Å². The normalized spacial score (nSPS) is 10.2. The van der Waals surface area contributed by atoms with Crippen LogP contribution in [0.1, 0.15) is 11.4 Å². The molecule has 0 bridgehead atoms. The zero-order valence-electron chi connectivity index (χ0n) is 7.16. The summed E-state index contributed by atoms with van der Waals surface area (Å²) in [6, 6.07) is 0. The molecule has 3 nitrogen and oxygen atoms in total. The molecule has 2 N–H and O–H groups in total. The van der Waals surface area contributed by atoms with Crippen molar-refractivity contribution in [3.63, 3.8) is 0 Å². The van der Waals surface area contributed by atoms with E-state index in [9.17, 15) is 0 Å². The van der Waals surface area contributed by atoms with Gasteiger partial charge in [0.25, 0.3) is 0 Å². The highest BCUT2D eigenvalue weighted by Crippen LogP contribution is 2.03. The summed E-state index contributed by atoms with van der Waals surface area (Å²) in [6.07, 6.45) is 6.60. The van der Waals surface area contributed by atoms with Crippen LogP contribution in [0.3, 0.4) is 0 Å². The Balaban J connectivity index is 2.58. The first-order chi connectivity index (χ1) is 5.86. The molecule has 0 fully saturated rings. The highest BCUT2D eigenvalue weighted by Gasteiger charge is 1.95. The lowest BCUT2D eigenvalue weighted by molar-refractivity contribution is 0.920. The van der Waals surface area contributed by atoms with Crippen molar-refractivity contribution < 1.29 is 0 Å². The SMILES string of the molecule is CSCc1ncc(CCN)cn1. The van der Waals surface area contributed by atoms with Crippen molar-refractivity contribution in [1.82, 2.24) is 9.97 Å². The molecular weight excluding hydrogens is 170 g/mol. The van der Waals surface area contributed by atoms with Gasteiger partial charge in [0.05, 0.1) is 5.75 Å². The van der Waals surface area contributed by atoms with E-state index in [0.29, 0.717) is 6.54 Å². The summed E-state index contributed by atoms with van der Waals surface area (Å²) >= 11 is 1.72. The molecule has 1 aromatic rings. The number of rotatable bonds is 4. The third kappa shape index (κ3) is 2.79. The molecule has 0 aliphatic carbocycles. The van der Waals surface area contributed by atoms with Crippen molar-refractivity contribution in [2.24, 2.45) is 5.73 Å². The number of aromatic nitrogens is 2. The van der Waals surface area contributed by atoms with E-state index in [1.54, 1.807) is 11.8 Å². The number of hydrogen-bond acceptors (Lipinski definition) is 4. The van der Waals surface area contributed by atoms with Gasteiger partial charge >= 0.3 is 0 Å². The van der Waals surface area contributed by atoms with Crippen molar-refractivity contribution in [2.75, 3.05) is 12.8 Å². The molecule has 0 saturated heterocycles. The lowest BCUT2D eigenvalue weighted by Crippen LogP contribution is -2.04. The van der Waals surface area contributed by atoms with Gasteiger partial charge in [0.15, 0.2) is 0 Å². The summed E-state index contributed by atoms with van der Waals surface area (Å²) in [7, 11) is 0. The zero-order chi connectivity index (χ0) is 8.81. The zero-order valence-corrected chi connectivity index (χ0v) is 7.97. The molecule has 0 aliphatic rings. The van der Waals surface area contributed by atoms with E-state index >= 15 is 0 Å². The summed E-state index contributed by atoms with van der Waals surface area (Å²) in [5, 5.41) is 0. The maximum absolute atomic E-state index is 5.40. The minimum absolute atomic E-state index is 0.658. The Morgan fingerprint density at radius 1 is 1.42 bits per heavy atom. The van der Waals surface area contributed by atoms with Crippen LogP contribution in [0.4, 0.5) is 0 Å². The molecule has 0 spiro atoms. The van der Waals surface area contributed by atoms with Gasteiger partial charge in [0.1, 0.15) is 5.82 Å². The van der Waals surface area contributed by atoms with E-state index in [1.165, 1.54) is 0 Å². The highest BCUT2D eigenvalue weighted by atomic mass is 32.2. The van der Waals surface area contributed by atoms with Crippen LogP contribution in [0.5, 0.6) is 0 Å². The number of nitrogens with zero attached hydrogens (tertiary/aromatic N) is 2. The van der Waals surface area contributed by atoms with E-state index in [-0.39, 0.29) is 0 Å². The minimum Gasteiger partial charge on any atom is -0.330 e. The summed E-state index contributed by atoms with van der Waals surface area (Å²) in [6.45, 7) is 0.658. The summed E-state index contributed by atoms with van der Waals surface area (Å²) in [5.41, 5.74) is 6.51. The first-order valence-electron chi connectivity index (χ1n) is 3.85. The van der Waals surface area contributed by atoms with E-state index in [2.05, 4.69) is 9.97 Å². The number of hydrogen-bond donors (Lipinski definition) is 1. The van der Waals surface area contributed by atoms with Gasteiger partial charge in [-0.05, 0) is 24.8 Å². The van der Waals surface area contributed by atoms with Gasteiger partial charge in [-0.1, -0.05) is 0 Å². The summed E-state index contributed by atoms with van der Waals surface area (Å²) < 4.78 is 0. The first kappa shape index (κ1) is 9.48. The minimum atomic E-state index is 0.658. The maximum Gasteiger partial charge on any atom is 0.138 e. The molecule has 4 heteroatoms. The molecule has 0 amide bonds. The monoisotopic (exact) mass is 183 g/mol. The van der Waals surface area contributed by atoms with E-state index in [4.69, 9.17) is 5.73 Å². The Morgan fingerprint density at radius 3 is 2.58 bits per heavy atom. The van der Waals surface area contributed by atoms with Crippen molar-refractivity contribution in [1.29, 1.82) is 0 Å². The fourth-order valence-electron chi connectivity index (χ4n) is 0.881. The van der Waals surface area contributed by atoms with Gasteiger partial charge in [-0.3, -0.25) is 0 Å². The van der Waals surface area contributed by atoms with Crippen LogP contribution < -0.4 is 5.73 Å². The second-order valence-corrected chi connectivity index (χ2v) is 3.35. The van der Waals surface area contributed by atoms with Gasteiger partial charge < -0.3 is 5.73 Å². The first-order valence-corrected chi connectivity index (χ1v) is 5.25. The fraction of sp³-hybridized carbons (Fsp3) is 0.500. The van der Waals surface area contributed by atoms with Gasteiger partial charge in [0, 0.05) is 12.4 Å². The maximum atomic E-state index is 5.40. The second-order valence-electron chi connectivity index (χ2n) is 2.48. The lowest BCUT2D eigenvalue weighted by Gasteiger charge is -1.98. The average molecular weight is 183 g/mol. The predicted molar refractivity (Wildman–Crippen MR) is 52.0 cm³/mol. The largest absolute Gasteiger partial charge is 0.330 e. The molecule has 1 rings (SSSR count). The quantitative estimate of drug-likeness (QED) is 0.751. The Labute approximate surface area is 76.8 Å². The topological polar surface area (TPSA) is 51.8 Å². The molecule has 0 atom stereocenters. The van der Waals surface area contributed by atoms with Gasteiger partial charge in [-0.25, -0.2) is 9.97 Å². The molecule has 66 valence electrons. The molecule has 0 radical (unpaired) electrons. The van der Waals surface area contributed by atoms with Crippen molar-refractivity contribution in [2.45, 2.75) is 12.2 Å². The number of nitrogens with two attached hydrogens (primary N) is 1. The van der Waals surface area contributed by atoms with Crippen LogP contribution in [0.25, 0.3) is 0 Å². The molecule has 1 heterocycles. The molecule has 0 aliphatic heterocycles. The van der Waals surface area contributed by atoms with Crippen LogP contribution in [-0.4, -0.2) is 22.8 Å². The molecule has 0 saturated carbocycles. The van der Waals surface area contributed by atoms with Crippen LogP contribution in [-0.2, 0) is 12.2 Å². The second kappa shape index (κ2) is 5.11. The molecule has 12 heavy (non-hydrogen) atoms. The molecule has 0 aromatic carbocycles. The van der Waals surface area contributed by atoms with E-state index in [1.807, 2.05) is 18.6 Å². The van der Waals surface area contributed by atoms with E-state index in [0.717, 1.165) is 23.6 Å². The van der Waals surface area contributed by atoms with Crippen LogP contribution in [0, 0.1) is 0 Å². The van der Waals surface area contributed by atoms with Crippen molar-refractivity contribution >= 4 is 11.8 Å². The number of thioether (sulfide) groups is 1. The van der Waals surface area contributed by atoms with E-state index < -0.39 is 0 Å². The van der Waals surface area contributed by atoms with Crippen LogP contribution in [0.15, 0.2) is 12.4 Å². The van der Waals surface area contributed by atoms with Crippen LogP contribution >= 0.6 is 11.8 Å². The summed E-state index contributed by atoms with van der Waals surface area (Å²) in [5.74, 6) is 1.77. The third-order valence-corrected chi connectivity index (χ3v) is 2.01. The Morgan fingerprint density at radius 2 is 2.08 bits per heavy atom. The Kier molecular flexibility index (Phi) is 4.04. The van der Waals surface area contributed by atoms with Gasteiger partial charge in [-0.2, -0.15) is 11.8 Å². The fourth-order valence-corrected chi connectivity index (χ4v) is 1.29. The molecule has 0 unspecified atom stereocenters. The van der Waals surface area contributed by atoms with Crippen molar-refractivity contribution in [3.8, 4) is 0 Å². The molecule has 1 aromatic heterocycles. The molecular formula is C8H13N3S. The Hall–Kier alpha value is -0.610. The summed E-state index contributed by atoms with van der Waals surface area (Å²) in [4.78, 5) is 8.40. The standard InChI is InChI=1S/C8H13N3S/c1-12-6-8-10-4-7(2-3-9)5-11-8/h4-5H,2-3,6,9H2,1H3. The predicted octanol–water partition coefficient (Wildman–Crippen LogP) is 0.841. The highest BCUT2D eigenvalue weighted by molar-refractivity contribution is 7.97. The van der Waals surface area contributed by atoms with Gasteiger partial charge in [-0.15, -0.1) is 0 Å². The van der Waals surface area contributed by atoms with Crippen molar-refractivity contribution in [3.05, 3.63) is 23.8 Å².